The molecule has 312 valence electrons. The molecule has 0 saturated carbocycles. The van der Waals surface area contributed by atoms with E-state index in [0.29, 0.717) is 16.8 Å². The topological polar surface area (TPSA) is 14.2 Å². The quantitative estimate of drug-likeness (QED) is 0.148. The highest BCUT2D eigenvalue weighted by atomic mass is 19.4. The molecule has 65 heavy (non-hydrogen) atoms. The number of alkyl halides is 3. The van der Waals surface area contributed by atoms with Crippen LogP contribution in [-0.2, 0) is 6.18 Å². The smallest absolute Gasteiger partial charge is 0.309 e. The van der Waals surface area contributed by atoms with E-state index >= 15 is 0 Å². The number of hydrogen-bond donors (Lipinski definition) is 0. The summed E-state index contributed by atoms with van der Waals surface area (Å²) in [6.45, 7) is 14.1. The molecule has 0 aliphatic rings. The van der Waals surface area contributed by atoms with E-state index in [4.69, 9.17) is 6.57 Å². The predicted octanol–water partition coefficient (Wildman–Crippen LogP) is 17.0. The molecule has 11 aromatic rings. The van der Waals surface area contributed by atoms with E-state index in [9.17, 15) is 13.2 Å². The first-order valence-corrected chi connectivity index (χ1v) is 21.6. The van der Waals surface area contributed by atoms with Gasteiger partial charge in [-0.1, -0.05) is 132 Å². The Labute approximate surface area is 374 Å². The fourth-order valence-electron chi connectivity index (χ4n) is 9.60. The number of aromatic nitrogens is 2. The zero-order valence-corrected chi connectivity index (χ0v) is 35.9. The molecule has 0 aliphatic heterocycles. The van der Waals surface area contributed by atoms with Gasteiger partial charge in [-0.15, -0.1) is 0 Å². The van der Waals surface area contributed by atoms with Crippen LogP contribution in [0.15, 0.2) is 188 Å². The van der Waals surface area contributed by atoms with Gasteiger partial charge in [0.2, 0.25) is 0 Å². The van der Waals surface area contributed by atoms with Gasteiger partial charge in [0.25, 0.3) is 0 Å². The minimum absolute atomic E-state index is 0.491. The summed E-state index contributed by atoms with van der Waals surface area (Å²) in [6, 6.07) is 63.1. The fraction of sp³-hybridized carbons (Fsp3) is 0.0678. The van der Waals surface area contributed by atoms with E-state index < -0.39 is 11.7 Å². The van der Waals surface area contributed by atoms with Crippen molar-refractivity contribution in [1.82, 2.24) is 9.13 Å². The monoisotopic (exact) mass is 847 g/mol. The lowest BCUT2D eigenvalue weighted by molar-refractivity contribution is -0.137. The first kappa shape index (κ1) is 39.7. The van der Waals surface area contributed by atoms with Crippen molar-refractivity contribution in [2.24, 2.45) is 0 Å². The third-order valence-electron chi connectivity index (χ3n) is 12.9. The number of para-hydroxylation sites is 2. The lowest BCUT2D eigenvalue weighted by Crippen LogP contribution is -2.05. The molecule has 11 rings (SSSR count). The highest BCUT2D eigenvalue weighted by Crippen LogP contribution is 2.45. The standard InChI is InChI=1S/C59H40F3N3/c1-36-13-17-39(18-14-36)41-22-28-55-50(32-41)47-9-5-7-11-53(47)64(55)57-30-25-45(63-4)35-52(57)49-26-21-43(46-27-24-44(31-38(46)3)59(60,61)62)34-58(49)65-54-12-8-6-10-48(54)51-33-42(23-29-56(51)65)40-19-15-37(2)16-20-40/h5-35H,1-3H3. The van der Waals surface area contributed by atoms with Crippen LogP contribution in [0.5, 0.6) is 0 Å². The Kier molecular flexibility index (Phi) is 9.34. The molecule has 0 radical (unpaired) electrons. The van der Waals surface area contributed by atoms with Crippen molar-refractivity contribution < 1.29 is 13.2 Å². The molecule has 3 nitrogen and oxygen atoms in total. The summed E-state index contributed by atoms with van der Waals surface area (Å²) in [4.78, 5) is 3.94. The molecule has 2 heterocycles. The van der Waals surface area contributed by atoms with Gasteiger partial charge in [0.1, 0.15) is 0 Å². The molecule has 9 aromatic carbocycles. The summed E-state index contributed by atoms with van der Waals surface area (Å²) >= 11 is 0. The first-order chi connectivity index (χ1) is 31.5. The Morgan fingerprint density at radius 1 is 0.400 bits per heavy atom. The van der Waals surface area contributed by atoms with Crippen LogP contribution < -0.4 is 0 Å². The third kappa shape index (κ3) is 6.76. The highest BCUT2D eigenvalue weighted by Gasteiger charge is 2.31. The van der Waals surface area contributed by atoms with Crippen molar-refractivity contribution in [2.75, 3.05) is 0 Å². The zero-order valence-electron chi connectivity index (χ0n) is 35.9. The molecule has 0 N–H and O–H groups in total. The van der Waals surface area contributed by atoms with Gasteiger partial charge in [0.15, 0.2) is 5.69 Å². The summed E-state index contributed by atoms with van der Waals surface area (Å²) in [6.07, 6.45) is -4.46. The number of nitrogens with zero attached hydrogens (tertiary/aromatic N) is 3. The van der Waals surface area contributed by atoms with Crippen LogP contribution in [0.4, 0.5) is 18.9 Å². The summed E-state index contributed by atoms with van der Waals surface area (Å²) < 4.78 is 46.4. The van der Waals surface area contributed by atoms with Crippen molar-refractivity contribution in [2.45, 2.75) is 26.9 Å². The van der Waals surface area contributed by atoms with Crippen LogP contribution in [-0.4, -0.2) is 9.13 Å². The van der Waals surface area contributed by atoms with Crippen LogP contribution in [0.1, 0.15) is 22.3 Å². The van der Waals surface area contributed by atoms with Crippen LogP contribution >= 0.6 is 0 Å². The number of hydrogen-bond acceptors (Lipinski definition) is 0. The number of fused-ring (bicyclic) bond motifs is 6. The molecule has 0 unspecified atom stereocenters. The van der Waals surface area contributed by atoms with Gasteiger partial charge in [0, 0.05) is 27.1 Å². The maximum atomic E-state index is 13.9. The fourth-order valence-corrected chi connectivity index (χ4v) is 9.60. The number of rotatable bonds is 6. The van der Waals surface area contributed by atoms with E-state index in [1.54, 1.807) is 13.0 Å². The molecule has 0 atom stereocenters. The first-order valence-electron chi connectivity index (χ1n) is 21.6. The summed E-state index contributed by atoms with van der Waals surface area (Å²) in [5.41, 5.74) is 16.1. The average molecular weight is 848 g/mol. The second-order valence-corrected chi connectivity index (χ2v) is 17.0. The van der Waals surface area contributed by atoms with E-state index in [0.717, 1.165) is 100.0 Å². The molecular formula is C59H40F3N3. The second-order valence-electron chi connectivity index (χ2n) is 17.0. The predicted molar refractivity (Wildman–Crippen MR) is 262 cm³/mol. The van der Waals surface area contributed by atoms with Gasteiger partial charge in [-0.05, 0) is 132 Å². The average Bonchev–Trinajstić information content (AvgIpc) is 3.83. The van der Waals surface area contributed by atoms with Crippen molar-refractivity contribution in [3.05, 3.63) is 222 Å². The third-order valence-corrected chi connectivity index (χ3v) is 12.9. The lowest BCUT2D eigenvalue weighted by Gasteiger charge is -2.21. The van der Waals surface area contributed by atoms with Gasteiger partial charge < -0.3 is 9.13 Å². The normalized spacial score (nSPS) is 11.8. The SMILES string of the molecule is [C-]#[N+]c1ccc(-n2c3ccccc3c3cc(-c4ccc(C)cc4)ccc32)c(-c2ccc(-c3ccc(C(F)(F)F)cc3C)cc2-n2c3ccccc3c3cc(-c4ccc(C)cc4)ccc32)c1. The number of halogens is 3. The van der Waals surface area contributed by atoms with E-state index in [1.807, 2.05) is 30.3 Å². The Bertz CT molecular complexity index is 3730. The molecule has 0 aliphatic carbocycles. The largest absolute Gasteiger partial charge is 0.416 e. The maximum absolute atomic E-state index is 13.9. The molecular weight excluding hydrogens is 808 g/mol. The maximum Gasteiger partial charge on any atom is 0.416 e. The Morgan fingerprint density at radius 3 is 1.43 bits per heavy atom. The minimum atomic E-state index is -4.46. The Hall–Kier alpha value is -8.14. The molecule has 0 saturated heterocycles. The van der Waals surface area contributed by atoms with Crippen molar-refractivity contribution in [1.29, 1.82) is 0 Å². The van der Waals surface area contributed by atoms with Crippen molar-refractivity contribution >= 4 is 49.3 Å². The number of aryl methyl sites for hydroxylation is 3. The molecule has 6 heteroatoms. The van der Waals surface area contributed by atoms with Crippen LogP contribution in [0.25, 0.3) is 104 Å². The minimum Gasteiger partial charge on any atom is -0.309 e. The van der Waals surface area contributed by atoms with Crippen LogP contribution in [0.3, 0.4) is 0 Å². The van der Waals surface area contributed by atoms with E-state index in [-0.39, 0.29) is 0 Å². The van der Waals surface area contributed by atoms with Crippen LogP contribution in [0, 0.1) is 27.3 Å². The van der Waals surface area contributed by atoms with Gasteiger partial charge >= 0.3 is 6.18 Å². The second kappa shape index (κ2) is 15.3. The van der Waals surface area contributed by atoms with Gasteiger partial charge in [-0.25, -0.2) is 4.85 Å². The molecule has 0 spiro atoms. The summed E-state index contributed by atoms with van der Waals surface area (Å²) in [7, 11) is 0. The van der Waals surface area contributed by atoms with Crippen molar-refractivity contribution in [3.63, 3.8) is 0 Å². The molecule has 0 bridgehead atoms. The van der Waals surface area contributed by atoms with Gasteiger partial charge in [0.05, 0.1) is 45.6 Å². The van der Waals surface area contributed by atoms with E-state index in [2.05, 4.69) is 167 Å². The lowest BCUT2D eigenvalue weighted by atomic mass is 9.93. The Morgan fingerprint density at radius 2 is 0.892 bits per heavy atom. The summed E-state index contributed by atoms with van der Waals surface area (Å²) in [5, 5.41) is 4.36. The molecule has 0 fully saturated rings. The van der Waals surface area contributed by atoms with Gasteiger partial charge in [-0.3, -0.25) is 0 Å². The van der Waals surface area contributed by atoms with Gasteiger partial charge in [-0.2, -0.15) is 13.2 Å². The van der Waals surface area contributed by atoms with Crippen LogP contribution in [0.2, 0.25) is 0 Å². The molecule has 0 amide bonds. The number of benzene rings is 9. The molecule has 2 aromatic heterocycles. The van der Waals surface area contributed by atoms with Crippen molar-refractivity contribution in [3.8, 4) is 55.9 Å². The van der Waals surface area contributed by atoms with E-state index in [1.165, 1.54) is 17.2 Å². The Balaban J connectivity index is 1.20. The zero-order chi connectivity index (χ0) is 44.6. The highest BCUT2D eigenvalue weighted by molar-refractivity contribution is 6.13. The summed E-state index contributed by atoms with van der Waals surface area (Å²) in [5.74, 6) is 0.